The molecule has 0 saturated heterocycles. The summed E-state index contributed by atoms with van der Waals surface area (Å²) in [6.07, 6.45) is 15.8. The molecule has 0 aromatic heterocycles. The van der Waals surface area contributed by atoms with E-state index in [4.69, 9.17) is 18.3 Å². The third-order valence-corrected chi connectivity index (χ3v) is 22.5. The highest BCUT2D eigenvalue weighted by molar-refractivity contribution is 6.74. The molecule has 2 fully saturated rings. The number of ether oxygens (including phenoxy) is 2. The molecule has 3 aliphatic carbocycles. The molecule has 3 rings (SSSR count). The molecule has 2 saturated carbocycles. The zero-order chi connectivity index (χ0) is 37.2. The van der Waals surface area contributed by atoms with E-state index in [2.05, 4.69) is 127 Å². The fourth-order valence-electron chi connectivity index (χ4n) is 7.77. The molecular weight excluding hydrogens is 641 g/mol. The van der Waals surface area contributed by atoms with Crippen LogP contribution in [0.3, 0.4) is 0 Å². The maximum absolute atomic E-state index is 12.8. The Balaban J connectivity index is 1.82. The van der Waals surface area contributed by atoms with Gasteiger partial charge in [0.05, 0.1) is 18.3 Å². The summed E-state index contributed by atoms with van der Waals surface area (Å²) in [4.78, 5) is 12.8. The maximum atomic E-state index is 12.8. The van der Waals surface area contributed by atoms with Gasteiger partial charge in [-0.2, -0.15) is 0 Å². The molecule has 0 spiro atoms. The normalized spacial score (nSPS) is 28.1. The summed E-state index contributed by atoms with van der Waals surface area (Å²) in [6.45, 7) is 38.8. The lowest BCUT2D eigenvalue weighted by Crippen LogP contribution is -2.49. The van der Waals surface area contributed by atoms with Gasteiger partial charge in [0.15, 0.2) is 16.6 Å². The molecule has 0 N–H and O–H groups in total. The predicted octanol–water partition coefficient (Wildman–Crippen LogP) is 12.0. The lowest BCUT2D eigenvalue weighted by Gasteiger charge is -2.45. The zero-order valence-corrected chi connectivity index (χ0v) is 36.4. The smallest absolute Gasteiger partial charge is 0.332 e. The highest BCUT2D eigenvalue weighted by Crippen LogP contribution is 2.56. The van der Waals surface area contributed by atoms with E-state index in [9.17, 15) is 4.79 Å². The van der Waals surface area contributed by atoms with Gasteiger partial charge >= 0.3 is 5.97 Å². The van der Waals surface area contributed by atoms with Crippen molar-refractivity contribution >= 4 is 22.6 Å². The number of carbonyl (C=O) groups excluding carboxylic acids is 1. The number of hydrogen-bond donors (Lipinski definition) is 0. The summed E-state index contributed by atoms with van der Waals surface area (Å²) in [5.41, 5.74) is 4.90. The van der Waals surface area contributed by atoms with Gasteiger partial charge in [0.2, 0.25) is 0 Å². The molecule has 7 heteroatoms. The fraction of sp³-hybridized carbons (Fsp3) is 0.786. The molecule has 280 valence electrons. The van der Waals surface area contributed by atoms with Crippen molar-refractivity contribution < 1.29 is 23.1 Å². The minimum absolute atomic E-state index is 0.00582. The van der Waals surface area contributed by atoms with Crippen molar-refractivity contribution in [2.24, 2.45) is 11.3 Å². The number of rotatable bonds is 13. The number of carbonyl (C=O) groups is 1. The molecule has 0 aromatic carbocycles. The molecule has 0 radical (unpaired) electrons. The second-order valence-corrected chi connectivity index (χ2v) is 28.2. The summed E-state index contributed by atoms with van der Waals surface area (Å²) in [6, 6.07) is 0. The van der Waals surface area contributed by atoms with E-state index in [0.717, 1.165) is 63.4 Å². The van der Waals surface area contributed by atoms with Crippen molar-refractivity contribution in [3.63, 3.8) is 0 Å². The van der Waals surface area contributed by atoms with E-state index in [1.807, 2.05) is 0 Å². The van der Waals surface area contributed by atoms with Gasteiger partial charge in [-0.3, -0.25) is 0 Å². The van der Waals surface area contributed by atoms with E-state index >= 15 is 0 Å². The Labute approximate surface area is 304 Å². The number of fused-ring (bicyclic) bond motifs is 1. The van der Waals surface area contributed by atoms with E-state index in [-0.39, 0.29) is 52.0 Å². The van der Waals surface area contributed by atoms with Gasteiger partial charge < -0.3 is 18.3 Å². The Hall–Kier alpha value is -1.26. The molecular formula is C42H74O5Si2. The first-order valence-electron chi connectivity index (χ1n) is 19.4. The molecule has 1 unspecified atom stereocenters. The van der Waals surface area contributed by atoms with Crippen molar-refractivity contribution in [1.29, 1.82) is 0 Å². The minimum atomic E-state index is -2.02. The van der Waals surface area contributed by atoms with Gasteiger partial charge in [0.25, 0.3) is 0 Å². The second kappa shape index (κ2) is 15.8. The van der Waals surface area contributed by atoms with Crippen molar-refractivity contribution in [2.45, 2.75) is 194 Å². The topological polar surface area (TPSA) is 54.0 Å². The zero-order valence-electron chi connectivity index (χ0n) is 34.4. The molecule has 0 heterocycles. The van der Waals surface area contributed by atoms with Gasteiger partial charge in [-0.1, -0.05) is 99.6 Å². The van der Waals surface area contributed by atoms with Crippen LogP contribution in [0.4, 0.5) is 0 Å². The van der Waals surface area contributed by atoms with Gasteiger partial charge in [-0.15, -0.1) is 0 Å². The average molecular weight is 715 g/mol. The summed E-state index contributed by atoms with van der Waals surface area (Å²) in [7, 11) is -3.98. The standard InChI is InChI=1S/C42H74O5Si2/c1-17-42(18-2,19-3)45-38(43)29-44-31(5)35-24-25-36-32(21-20-26-41(35,36)12)22-23-33-27-34(46-48(13,14)39(6,7)8)28-37(30(33)4)47-49(15,16)40(9,10)11/h22-24,31,34,36-37H,4,17-21,25-29H2,1-3,5-16H3/b32-22+,33-23-/t31?,34-,36+,37+,41-/m1/s1. The van der Waals surface area contributed by atoms with Crippen LogP contribution < -0.4 is 0 Å². The van der Waals surface area contributed by atoms with Crippen LogP contribution in [0.5, 0.6) is 0 Å². The summed E-state index contributed by atoms with van der Waals surface area (Å²) >= 11 is 0. The summed E-state index contributed by atoms with van der Waals surface area (Å²) in [5.74, 6) is 0.183. The van der Waals surface area contributed by atoms with Crippen molar-refractivity contribution in [1.82, 2.24) is 0 Å². The average Bonchev–Trinajstić information content (AvgIpc) is 3.35. The van der Waals surface area contributed by atoms with Crippen LogP contribution in [0.25, 0.3) is 0 Å². The first-order valence-corrected chi connectivity index (χ1v) is 25.3. The van der Waals surface area contributed by atoms with Crippen molar-refractivity contribution in [3.05, 3.63) is 47.1 Å². The van der Waals surface area contributed by atoms with E-state index in [0.29, 0.717) is 5.92 Å². The fourth-order valence-corrected chi connectivity index (χ4v) is 10.4. The first kappa shape index (κ1) is 42.2. The molecule has 0 aliphatic heterocycles. The lowest BCUT2D eigenvalue weighted by molar-refractivity contribution is -0.167. The largest absolute Gasteiger partial charge is 0.457 e. The highest BCUT2D eigenvalue weighted by atomic mass is 28.4. The quantitative estimate of drug-likeness (QED) is 0.108. The van der Waals surface area contributed by atoms with E-state index in [1.165, 1.54) is 16.7 Å². The van der Waals surface area contributed by atoms with Crippen LogP contribution >= 0.6 is 0 Å². The molecule has 3 aliphatic rings. The SMILES string of the molecule is C=C1/C(=C\C=C2/CCC[C@]3(C)C(C(C)OCC(=O)OC(CC)(CC)CC)=CC[C@@H]23)C[C@@H](O[Si](C)(C)C(C)(C)C)C[C@@H]1O[Si](C)(C)C(C)(C)C. The van der Waals surface area contributed by atoms with Gasteiger partial charge in [-0.05, 0) is 123 Å². The van der Waals surface area contributed by atoms with Crippen LogP contribution in [0.1, 0.15) is 134 Å². The number of hydrogen-bond acceptors (Lipinski definition) is 5. The highest BCUT2D eigenvalue weighted by Gasteiger charge is 2.47. The maximum Gasteiger partial charge on any atom is 0.332 e. The van der Waals surface area contributed by atoms with Crippen LogP contribution in [-0.4, -0.2) is 53.1 Å². The Morgan fingerprint density at radius 2 is 1.55 bits per heavy atom. The molecule has 0 aromatic rings. The number of allylic oxidation sites excluding steroid dienone is 4. The molecule has 49 heavy (non-hydrogen) atoms. The third-order valence-electron chi connectivity index (χ3n) is 13.5. The van der Waals surface area contributed by atoms with Gasteiger partial charge in [-0.25, -0.2) is 4.79 Å². The monoisotopic (exact) mass is 715 g/mol. The van der Waals surface area contributed by atoms with Crippen LogP contribution in [0.2, 0.25) is 36.3 Å². The van der Waals surface area contributed by atoms with E-state index in [1.54, 1.807) is 0 Å². The minimum Gasteiger partial charge on any atom is -0.457 e. The van der Waals surface area contributed by atoms with Gasteiger partial charge in [0, 0.05) is 6.42 Å². The lowest BCUT2D eigenvalue weighted by atomic mass is 9.63. The summed E-state index contributed by atoms with van der Waals surface area (Å²) < 4.78 is 26.3. The van der Waals surface area contributed by atoms with Crippen molar-refractivity contribution in [2.75, 3.05) is 6.61 Å². The molecule has 5 nitrogen and oxygen atoms in total. The van der Waals surface area contributed by atoms with Crippen molar-refractivity contribution in [3.8, 4) is 0 Å². The van der Waals surface area contributed by atoms with Crippen LogP contribution in [0, 0.1) is 11.3 Å². The van der Waals surface area contributed by atoms with E-state index < -0.39 is 16.6 Å². The Morgan fingerprint density at radius 1 is 0.980 bits per heavy atom. The summed E-state index contributed by atoms with van der Waals surface area (Å²) in [5, 5.41) is 0.271. The Kier molecular flexibility index (Phi) is 13.6. The predicted molar refractivity (Wildman–Crippen MR) is 212 cm³/mol. The Morgan fingerprint density at radius 3 is 2.10 bits per heavy atom. The van der Waals surface area contributed by atoms with Gasteiger partial charge in [0.1, 0.15) is 12.2 Å². The first-order chi connectivity index (χ1) is 22.5. The van der Waals surface area contributed by atoms with Crippen LogP contribution in [-0.2, 0) is 23.1 Å². The van der Waals surface area contributed by atoms with Crippen LogP contribution in [0.15, 0.2) is 47.1 Å². The number of esters is 1. The third kappa shape index (κ3) is 9.60. The molecule has 0 bridgehead atoms. The molecule has 5 atom stereocenters. The second-order valence-electron chi connectivity index (χ2n) is 18.7. The Bertz CT molecular complexity index is 1260. The molecule has 0 amide bonds.